The van der Waals surface area contributed by atoms with Crippen molar-refractivity contribution in [3.63, 3.8) is 0 Å². The molecule has 0 aliphatic carbocycles. The second-order valence-electron chi connectivity index (χ2n) is 13.2. The molecule has 52 heavy (non-hydrogen) atoms. The lowest BCUT2D eigenvalue weighted by Crippen LogP contribution is -2.53. The Bertz CT molecular complexity index is 1870. The van der Waals surface area contributed by atoms with E-state index < -0.39 is 16.7 Å². The minimum atomic E-state index is -0.553. The molecule has 1 amide bonds. The summed E-state index contributed by atoms with van der Waals surface area (Å²) < 4.78 is 1.90. The molecule has 0 radical (unpaired) electrons. The molecule has 4 heterocycles. The first-order valence-corrected chi connectivity index (χ1v) is 17.3. The molecule has 282 valence electrons. The normalized spacial score (nSPS) is 18.0. The molecule has 0 aromatic carbocycles. The van der Waals surface area contributed by atoms with E-state index in [9.17, 15) is 40.0 Å². The topological polar surface area (TPSA) is 180 Å². The van der Waals surface area contributed by atoms with Gasteiger partial charge in [-0.3, -0.25) is 44.0 Å². The van der Waals surface area contributed by atoms with Crippen molar-refractivity contribution in [1.82, 2.24) is 38.9 Å². The fourth-order valence-electron chi connectivity index (χ4n) is 6.29. The minimum Gasteiger partial charge on any atom is -0.425 e. The van der Waals surface area contributed by atoms with Gasteiger partial charge in [0, 0.05) is 96.2 Å². The van der Waals surface area contributed by atoms with E-state index >= 15 is 0 Å². The molecule has 1 saturated heterocycles. The Morgan fingerprint density at radius 1 is 0.731 bits per heavy atom. The largest absolute Gasteiger partial charge is 0.425 e. The van der Waals surface area contributed by atoms with Crippen LogP contribution in [0.1, 0.15) is 37.9 Å². The van der Waals surface area contributed by atoms with Crippen LogP contribution in [0.4, 0.5) is 0 Å². The molecule has 16 nitrogen and oxygen atoms in total. The molecule has 16 heteroatoms. The molecule has 1 aliphatic rings. The summed E-state index contributed by atoms with van der Waals surface area (Å²) in [5, 5.41) is 42.8. The number of hydrogen-bond acceptors (Lipinski definition) is 12. The van der Waals surface area contributed by atoms with Crippen LogP contribution in [-0.4, -0.2) is 124 Å². The van der Waals surface area contributed by atoms with Crippen LogP contribution >= 0.6 is 0 Å². The Balaban J connectivity index is 1.77. The molecule has 0 saturated carbocycles. The van der Waals surface area contributed by atoms with Gasteiger partial charge in [0.1, 0.15) is 0 Å². The second-order valence-corrected chi connectivity index (χ2v) is 13.2. The molecule has 4 N–H and O–H groups in total. The van der Waals surface area contributed by atoms with E-state index in [-0.39, 0.29) is 38.1 Å². The molecular weight excluding hydrogens is 672 g/mol. The van der Waals surface area contributed by atoms with Crippen molar-refractivity contribution in [2.24, 2.45) is 5.92 Å². The summed E-state index contributed by atoms with van der Waals surface area (Å²) in [6.07, 6.45) is 5.54. The van der Waals surface area contributed by atoms with Gasteiger partial charge in [-0.2, -0.15) is 19.3 Å². The lowest BCUT2D eigenvalue weighted by atomic mass is 10.0. The molecule has 0 bridgehead atoms. The molecule has 1 aliphatic heterocycles. The van der Waals surface area contributed by atoms with Gasteiger partial charge in [-0.25, -0.2) is 0 Å². The van der Waals surface area contributed by atoms with Crippen LogP contribution in [0.5, 0.6) is 0 Å². The maximum Gasteiger partial charge on any atom is 0.283 e. The van der Waals surface area contributed by atoms with Crippen LogP contribution in [0.15, 0.2) is 92.9 Å². The van der Waals surface area contributed by atoms with Crippen molar-refractivity contribution < 1.29 is 25.6 Å². The molecular formula is C36H50N8O8. The summed E-state index contributed by atoms with van der Waals surface area (Å²) in [5.41, 5.74) is -0.118. The molecule has 0 spiro atoms. The van der Waals surface area contributed by atoms with Crippen LogP contribution in [0, 0.1) is 5.92 Å². The van der Waals surface area contributed by atoms with Crippen LogP contribution in [-0.2, 0) is 24.4 Å². The number of hydroxylamine groups is 2. The molecule has 4 rings (SSSR count). The number of nitrogens with zero attached hydrogens (tertiary/aromatic N) is 8. The Labute approximate surface area is 302 Å². The third-order valence-electron chi connectivity index (χ3n) is 9.27. The van der Waals surface area contributed by atoms with Crippen molar-refractivity contribution in [3.05, 3.63) is 127 Å². The van der Waals surface area contributed by atoms with E-state index in [0.717, 1.165) is 0 Å². The zero-order valence-corrected chi connectivity index (χ0v) is 29.9. The summed E-state index contributed by atoms with van der Waals surface area (Å²) in [7, 11) is 0. The monoisotopic (exact) mass is 722 g/mol. The average molecular weight is 723 g/mol. The van der Waals surface area contributed by atoms with Crippen molar-refractivity contribution in [2.75, 3.05) is 52.4 Å². The number of aromatic nitrogens is 3. The van der Waals surface area contributed by atoms with Gasteiger partial charge in [-0.15, -0.1) is 0 Å². The highest BCUT2D eigenvalue weighted by Crippen LogP contribution is 2.19. The highest BCUT2D eigenvalue weighted by molar-refractivity contribution is 5.49. The quantitative estimate of drug-likeness (QED) is 0.0694. The van der Waals surface area contributed by atoms with Crippen molar-refractivity contribution >= 4 is 6.41 Å². The number of allylic oxidation sites excluding steroid dienone is 3. The predicted molar refractivity (Wildman–Crippen MR) is 192 cm³/mol. The second kappa shape index (κ2) is 19.0. The van der Waals surface area contributed by atoms with Crippen molar-refractivity contribution in [1.29, 1.82) is 0 Å². The Kier molecular flexibility index (Phi) is 14.5. The van der Waals surface area contributed by atoms with E-state index in [0.29, 0.717) is 94.3 Å². The third-order valence-corrected chi connectivity index (χ3v) is 9.27. The minimum absolute atomic E-state index is 0.0540. The lowest BCUT2D eigenvalue weighted by Gasteiger charge is -2.41. The van der Waals surface area contributed by atoms with Crippen molar-refractivity contribution in [3.8, 4) is 0 Å². The first kappa shape index (κ1) is 39.8. The summed E-state index contributed by atoms with van der Waals surface area (Å²) in [6.45, 7) is 10.1. The third kappa shape index (κ3) is 10.8. The molecule has 1 atom stereocenters. The van der Waals surface area contributed by atoms with Crippen LogP contribution in [0.3, 0.4) is 0 Å². The van der Waals surface area contributed by atoms with Gasteiger partial charge in [-0.1, -0.05) is 44.2 Å². The Morgan fingerprint density at radius 3 is 1.58 bits per heavy atom. The number of amides is 1. The summed E-state index contributed by atoms with van der Waals surface area (Å²) in [6, 6.07) is 13.4. The molecule has 3 aromatic rings. The highest BCUT2D eigenvalue weighted by atomic mass is 16.5. The smallest absolute Gasteiger partial charge is 0.283 e. The van der Waals surface area contributed by atoms with Gasteiger partial charge >= 0.3 is 0 Å². The van der Waals surface area contributed by atoms with Gasteiger partial charge in [0.05, 0.1) is 22.8 Å². The summed E-state index contributed by atoms with van der Waals surface area (Å²) in [4.78, 5) is 57.1. The summed E-state index contributed by atoms with van der Waals surface area (Å²) >= 11 is 0. The predicted octanol–water partition coefficient (Wildman–Crippen LogP) is 1.34. The number of hydrogen-bond donors (Lipinski definition) is 4. The zero-order valence-electron chi connectivity index (χ0n) is 29.9. The molecule has 3 aromatic heterocycles. The average Bonchev–Trinajstić information content (AvgIpc) is 3.12. The first-order chi connectivity index (χ1) is 24.9. The lowest BCUT2D eigenvalue weighted by molar-refractivity contribution is -0.142. The van der Waals surface area contributed by atoms with Gasteiger partial charge in [-0.05, 0) is 37.1 Å². The van der Waals surface area contributed by atoms with Gasteiger partial charge in [0.25, 0.3) is 16.7 Å². The van der Waals surface area contributed by atoms with Crippen molar-refractivity contribution in [2.45, 2.75) is 46.4 Å². The molecule has 1 unspecified atom stereocenters. The van der Waals surface area contributed by atoms with Gasteiger partial charge in [0.15, 0.2) is 0 Å². The first-order valence-electron chi connectivity index (χ1n) is 17.3. The van der Waals surface area contributed by atoms with Crippen LogP contribution in [0.2, 0.25) is 0 Å². The Morgan fingerprint density at radius 2 is 1.15 bits per heavy atom. The van der Waals surface area contributed by atoms with E-state index in [1.807, 2.05) is 6.92 Å². The fourth-order valence-corrected chi connectivity index (χ4v) is 6.29. The standard InChI is InChI=1S/C36H50N8O8/c1-4-5-9-29(41(49)27-45)25-40-21-20-38(23-31-11-7-14-35(47)43(31)51)17-16-37(22-30-10-6-13-34(46)42(30)50)18-19-39(26-33(40)28(2)3)24-32-12-8-15-36(48)44(32)52/h4-15,27-28,33,49-52H,16-26H2,1-3H3/b5-4-,29-9-. The summed E-state index contributed by atoms with van der Waals surface area (Å²) in [5.74, 6) is 0.0540. The maximum absolute atomic E-state index is 12.3. The van der Waals surface area contributed by atoms with E-state index in [1.165, 1.54) is 18.2 Å². The van der Waals surface area contributed by atoms with E-state index in [2.05, 4.69) is 33.4 Å². The van der Waals surface area contributed by atoms with E-state index in [4.69, 9.17) is 0 Å². The maximum atomic E-state index is 12.3. The van der Waals surface area contributed by atoms with Gasteiger partial charge in [0.2, 0.25) is 6.41 Å². The van der Waals surface area contributed by atoms with Crippen LogP contribution in [0.25, 0.3) is 0 Å². The van der Waals surface area contributed by atoms with Gasteiger partial charge < -0.3 is 15.6 Å². The number of rotatable bonds is 12. The molecule has 1 fully saturated rings. The number of pyridine rings is 3. The number of carbonyl (C=O) groups is 1. The number of carbonyl (C=O) groups excluding carboxylic acids is 1. The SMILES string of the molecule is C/C=C\C=C(\CN1CCN(Cc2cccc(=O)n2O)CCN(Cc2cccc(=O)n2O)CCN(Cc2cccc(=O)n2O)CC1C(C)C)N(O)C=O. The highest BCUT2D eigenvalue weighted by Gasteiger charge is 2.29. The van der Waals surface area contributed by atoms with E-state index in [1.54, 1.807) is 54.6 Å². The Hall–Kier alpha value is -5.00. The van der Waals surface area contributed by atoms with Crippen LogP contribution < -0.4 is 16.7 Å². The zero-order chi connectivity index (χ0) is 37.8. The fraction of sp³-hybridized carbons (Fsp3) is 0.444.